The molecule has 1 amide bonds. The molecular formula is C35H40N4O2. The quantitative estimate of drug-likeness (QED) is 0.226. The predicted octanol–water partition coefficient (Wildman–Crippen LogP) is 6.97. The molecule has 0 fully saturated rings. The van der Waals surface area contributed by atoms with Gasteiger partial charge in [-0.1, -0.05) is 60.7 Å². The first kappa shape index (κ1) is 28.1. The number of benzene rings is 4. The van der Waals surface area contributed by atoms with Gasteiger partial charge in [0.05, 0.1) is 6.54 Å². The molecule has 6 heteroatoms. The van der Waals surface area contributed by atoms with Crippen molar-refractivity contribution in [3.05, 3.63) is 119 Å². The number of ether oxygens (including phenoxy) is 1. The molecule has 5 rings (SSSR count). The van der Waals surface area contributed by atoms with E-state index in [4.69, 9.17) is 4.74 Å². The fraction of sp³-hybridized carbons (Fsp3) is 0.286. The number of rotatable bonds is 9. The first-order chi connectivity index (χ1) is 19.8. The fourth-order valence-electron chi connectivity index (χ4n) is 5.85. The summed E-state index contributed by atoms with van der Waals surface area (Å²) in [6.07, 6.45) is -0.369. The van der Waals surface area contributed by atoms with E-state index in [2.05, 4.69) is 101 Å². The molecule has 0 spiro atoms. The number of carbonyl (C=O) groups excluding carboxylic acids is 1. The van der Waals surface area contributed by atoms with Gasteiger partial charge in [0.25, 0.3) is 0 Å². The molecule has 4 aromatic carbocycles. The molecule has 1 aliphatic rings. The van der Waals surface area contributed by atoms with Crippen molar-refractivity contribution in [2.45, 2.75) is 25.9 Å². The van der Waals surface area contributed by atoms with Gasteiger partial charge < -0.3 is 19.4 Å². The van der Waals surface area contributed by atoms with Crippen molar-refractivity contribution in [1.82, 2.24) is 4.90 Å². The van der Waals surface area contributed by atoms with Gasteiger partial charge in [-0.05, 0) is 60.9 Å². The lowest BCUT2D eigenvalue weighted by Crippen LogP contribution is -2.54. The summed E-state index contributed by atoms with van der Waals surface area (Å²) in [7, 11) is 8.14. The number of hydrogen-bond acceptors (Lipinski definition) is 5. The van der Waals surface area contributed by atoms with Gasteiger partial charge in [-0.3, -0.25) is 4.90 Å². The molecule has 4 aromatic rings. The lowest BCUT2D eigenvalue weighted by Gasteiger charge is -2.48. The van der Waals surface area contributed by atoms with Gasteiger partial charge in [-0.25, -0.2) is 4.79 Å². The predicted molar refractivity (Wildman–Crippen MR) is 169 cm³/mol. The maximum atomic E-state index is 14.2. The van der Waals surface area contributed by atoms with E-state index in [1.165, 1.54) is 0 Å². The standard InChI is InChI=1S/C35H40N4O2/c1-7-38(8-2)31-22-23-32-33(24-31)41-34(40)39(25-26-12-10-9-11-13-26)35(32,27-14-18-29(19-15-27)36(3)4)28-16-20-30(21-17-28)37(5)6/h9-24H,7-8,25H2,1-6H3. The van der Waals surface area contributed by atoms with Gasteiger partial charge in [0.15, 0.2) is 0 Å². The molecule has 0 N–H and O–H groups in total. The van der Waals surface area contributed by atoms with Gasteiger partial charge in [-0.2, -0.15) is 0 Å². The van der Waals surface area contributed by atoms with Crippen LogP contribution in [0.4, 0.5) is 21.9 Å². The molecule has 1 heterocycles. The minimum atomic E-state index is -0.919. The van der Waals surface area contributed by atoms with Gasteiger partial charge in [0.2, 0.25) is 0 Å². The summed E-state index contributed by atoms with van der Waals surface area (Å²) in [6, 6.07) is 33.5. The van der Waals surface area contributed by atoms with E-state index in [1.807, 2.05) is 57.4 Å². The van der Waals surface area contributed by atoms with E-state index in [0.717, 1.165) is 52.4 Å². The zero-order valence-electron chi connectivity index (χ0n) is 25.0. The zero-order chi connectivity index (χ0) is 29.1. The maximum absolute atomic E-state index is 14.2. The summed E-state index contributed by atoms with van der Waals surface area (Å²) < 4.78 is 6.16. The summed E-state index contributed by atoms with van der Waals surface area (Å²) >= 11 is 0. The van der Waals surface area contributed by atoms with E-state index in [-0.39, 0.29) is 6.09 Å². The minimum absolute atomic E-state index is 0.369. The Balaban J connectivity index is 1.82. The van der Waals surface area contributed by atoms with Crippen LogP contribution in [0, 0.1) is 0 Å². The molecule has 6 nitrogen and oxygen atoms in total. The molecule has 0 saturated carbocycles. The Morgan fingerprint density at radius 1 is 0.683 bits per heavy atom. The lowest BCUT2D eigenvalue weighted by molar-refractivity contribution is 0.0937. The molecule has 41 heavy (non-hydrogen) atoms. The Labute approximate surface area is 244 Å². The molecule has 0 aliphatic carbocycles. The second-order valence-electron chi connectivity index (χ2n) is 10.9. The average Bonchev–Trinajstić information content (AvgIpc) is 2.99. The fourth-order valence-corrected chi connectivity index (χ4v) is 5.85. The van der Waals surface area contributed by atoms with Crippen molar-refractivity contribution in [2.75, 3.05) is 56.0 Å². The molecule has 0 saturated heterocycles. The highest BCUT2D eigenvalue weighted by Crippen LogP contribution is 2.51. The first-order valence-corrected chi connectivity index (χ1v) is 14.3. The molecule has 0 unspecified atom stereocenters. The first-order valence-electron chi connectivity index (χ1n) is 14.3. The van der Waals surface area contributed by atoms with Crippen molar-refractivity contribution in [1.29, 1.82) is 0 Å². The molecule has 212 valence electrons. The molecule has 0 aromatic heterocycles. The van der Waals surface area contributed by atoms with E-state index in [9.17, 15) is 4.79 Å². The Morgan fingerprint density at radius 3 is 1.68 bits per heavy atom. The SMILES string of the molecule is CCN(CC)c1ccc2c(c1)OC(=O)N(Cc1ccccc1)C2(c1ccc(N(C)C)cc1)c1ccc(N(C)C)cc1. The van der Waals surface area contributed by atoms with E-state index < -0.39 is 5.54 Å². The van der Waals surface area contributed by atoms with Crippen LogP contribution in [0.3, 0.4) is 0 Å². The summed E-state index contributed by atoms with van der Waals surface area (Å²) in [5.74, 6) is 0.595. The van der Waals surface area contributed by atoms with Crippen molar-refractivity contribution < 1.29 is 9.53 Å². The summed E-state index contributed by atoms with van der Waals surface area (Å²) in [6.45, 7) is 6.40. The topological polar surface area (TPSA) is 39.3 Å². The monoisotopic (exact) mass is 548 g/mol. The Hall–Kier alpha value is -4.45. The maximum Gasteiger partial charge on any atom is 0.416 e. The van der Waals surface area contributed by atoms with Crippen molar-refractivity contribution in [3.63, 3.8) is 0 Å². The van der Waals surface area contributed by atoms with Gasteiger partial charge >= 0.3 is 6.09 Å². The highest BCUT2D eigenvalue weighted by atomic mass is 16.6. The highest BCUT2D eigenvalue weighted by Gasteiger charge is 2.50. The third kappa shape index (κ3) is 5.10. The van der Waals surface area contributed by atoms with Crippen LogP contribution < -0.4 is 19.4 Å². The number of fused-ring (bicyclic) bond motifs is 1. The minimum Gasteiger partial charge on any atom is -0.410 e. The number of nitrogens with zero attached hydrogens (tertiary/aromatic N) is 4. The van der Waals surface area contributed by atoms with Crippen LogP contribution in [-0.2, 0) is 12.1 Å². The Kier molecular flexibility index (Phi) is 7.93. The van der Waals surface area contributed by atoms with E-state index in [0.29, 0.717) is 12.3 Å². The highest BCUT2D eigenvalue weighted by molar-refractivity contribution is 5.80. The Morgan fingerprint density at radius 2 is 1.20 bits per heavy atom. The smallest absolute Gasteiger partial charge is 0.410 e. The van der Waals surface area contributed by atoms with Crippen molar-refractivity contribution >= 4 is 23.2 Å². The van der Waals surface area contributed by atoms with Crippen LogP contribution >= 0.6 is 0 Å². The zero-order valence-corrected chi connectivity index (χ0v) is 25.0. The van der Waals surface area contributed by atoms with Crippen molar-refractivity contribution in [3.8, 4) is 5.75 Å². The molecule has 0 radical (unpaired) electrons. The summed E-state index contributed by atoms with van der Waals surface area (Å²) in [4.78, 5) is 22.5. The Bertz CT molecular complexity index is 1430. The van der Waals surface area contributed by atoms with E-state index >= 15 is 0 Å². The van der Waals surface area contributed by atoms with Crippen LogP contribution in [0.5, 0.6) is 5.75 Å². The van der Waals surface area contributed by atoms with Gasteiger partial charge in [0.1, 0.15) is 11.3 Å². The van der Waals surface area contributed by atoms with E-state index in [1.54, 1.807) is 0 Å². The van der Waals surface area contributed by atoms with Crippen LogP contribution in [0.2, 0.25) is 0 Å². The van der Waals surface area contributed by atoms with Crippen LogP contribution in [0.15, 0.2) is 97.1 Å². The third-order valence-electron chi connectivity index (χ3n) is 8.09. The molecular weight excluding hydrogens is 508 g/mol. The number of hydrogen-bond donors (Lipinski definition) is 0. The molecule has 0 bridgehead atoms. The number of amides is 1. The van der Waals surface area contributed by atoms with Crippen molar-refractivity contribution in [2.24, 2.45) is 0 Å². The second kappa shape index (κ2) is 11.6. The number of carbonyl (C=O) groups is 1. The number of anilines is 3. The normalized spacial score (nSPS) is 13.8. The average molecular weight is 549 g/mol. The van der Waals surface area contributed by atoms with Gasteiger partial charge in [0, 0.05) is 70.0 Å². The lowest BCUT2D eigenvalue weighted by atomic mass is 9.74. The summed E-state index contributed by atoms with van der Waals surface area (Å²) in [5, 5.41) is 0. The van der Waals surface area contributed by atoms with Crippen LogP contribution in [0.1, 0.15) is 36.1 Å². The second-order valence-corrected chi connectivity index (χ2v) is 10.9. The molecule has 0 atom stereocenters. The third-order valence-corrected chi connectivity index (χ3v) is 8.09. The largest absolute Gasteiger partial charge is 0.416 e. The van der Waals surface area contributed by atoms with Crippen LogP contribution in [0.25, 0.3) is 0 Å². The summed E-state index contributed by atoms with van der Waals surface area (Å²) in [5.41, 5.74) is 6.30. The van der Waals surface area contributed by atoms with Gasteiger partial charge in [-0.15, -0.1) is 0 Å². The van der Waals surface area contributed by atoms with Crippen LogP contribution in [-0.4, -0.2) is 52.3 Å². The molecule has 1 aliphatic heterocycles.